The first-order valence-corrected chi connectivity index (χ1v) is 4.87. The van der Waals surface area contributed by atoms with Gasteiger partial charge < -0.3 is 4.90 Å². The summed E-state index contributed by atoms with van der Waals surface area (Å²) in [5, 5.41) is 0. The fourth-order valence-electron chi connectivity index (χ4n) is 1.56. The number of pyridine rings is 1. The first-order valence-electron chi connectivity index (χ1n) is 4.87. The van der Waals surface area contributed by atoms with E-state index >= 15 is 0 Å². The third-order valence-corrected chi connectivity index (χ3v) is 2.25. The lowest BCUT2D eigenvalue weighted by atomic mass is 10.2. The minimum Gasteiger partial charge on any atom is -0.357 e. The van der Waals surface area contributed by atoms with Crippen LogP contribution in [0.5, 0.6) is 0 Å². The van der Waals surface area contributed by atoms with Crippen LogP contribution in [0.25, 0.3) is 0 Å². The average molecular weight is 178 g/mol. The molecule has 0 aliphatic heterocycles. The van der Waals surface area contributed by atoms with Crippen LogP contribution in [0.2, 0.25) is 0 Å². The van der Waals surface area contributed by atoms with Crippen molar-refractivity contribution in [2.75, 3.05) is 18.0 Å². The van der Waals surface area contributed by atoms with Gasteiger partial charge in [-0.2, -0.15) is 0 Å². The molecule has 0 aromatic carbocycles. The molecule has 0 fully saturated rings. The van der Waals surface area contributed by atoms with E-state index in [1.807, 2.05) is 6.20 Å². The monoisotopic (exact) mass is 178 g/mol. The molecule has 0 bridgehead atoms. The summed E-state index contributed by atoms with van der Waals surface area (Å²) in [7, 11) is 0. The maximum Gasteiger partial charge on any atom is 0.131 e. The van der Waals surface area contributed by atoms with Gasteiger partial charge in [-0.25, -0.2) is 4.98 Å². The Morgan fingerprint density at radius 3 is 2.31 bits per heavy atom. The lowest BCUT2D eigenvalue weighted by Crippen LogP contribution is -2.23. The van der Waals surface area contributed by atoms with Crippen LogP contribution in [0, 0.1) is 13.8 Å². The quantitative estimate of drug-likeness (QED) is 0.707. The summed E-state index contributed by atoms with van der Waals surface area (Å²) in [5.41, 5.74) is 2.50. The van der Waals surface area contributed by atoms with Crippen molar-refractivity contribution in [1.82, 2.24) is 4.98 Å². The maximum atomic E-state index is 4.45. The standard InChI is InChI=1S/C11H18N2/c1-5-13(6-2)11-10(4)7-9(3)8-12-11/h7-8H,5-6H2,1-4H3. The second kappa shape index (κ2) is 4.26. The Kier molecular flexibility index (Phi) is 3.29. The summed E-state index contributed by atoms with van der Waals surface area (Å²) in [6, 6.07) is 2.18. The Labute approximate surface area is 80.6 Å². The Balaban J connectivity index is 2.99. The molecule has 1 aromatic heterocycles. The number of aryl methyl sites for hydroxylation is 2. The number of hydrogen-bond donors (Lipinski definition) is 0. The number of anilines is 1. The minimum atomic E-state index is 1.02. The third kappa shape index (κ3) is 2.20. The Bertz CT molecular complexity index is 277. The molecule has 0 aliphatic rings. The van der Waals surface area contributed by atoms with Gasteiger partial charge >= 0.3 is 0 Å². The first kappa shape index (κ1) is 10.0. The van der Waals surface area contributed by atoms with E-state index in [1.54, 1.807) is 0 Å². The summed E-state index contributed by atoms with van der Waals surface area (Å²) < 4.78 is 0. The van der Waals surface area contributed by atoms with Gasteiger partial charge in [-0.1, -0.05) is 6.07 Å². The number of rotatable bonds is 3. The Hall–Kier alpha value is -1.05. The maximum absolute atomic E-state index is 4.45. The molecule has 0 spiro atoms. The van der Waals surface area contributed by atoms with Gasteiger partial charge in [0.05, 0.1) is 0 Å². The third-order valence-electron chi connectivity index (χ3n) is 2.25. The highest BCUT2D eigenvalue weighted by atomic mass is 15.2. The molecule has 0 unspecified atom stereocenters. The van der Waals surface area contributed by atoms with E-state index in [0.29, 0.717) is 0 Å². The SMILES string of the molecule is CCN(CC)c1ncc(C)cc1C. The molecule has 1 rings (SSSR count). The molecule has 72 valence electrons. The molecule has 0 aliphatic carbocycles. The van der Waals surface area contributed by atoms with Crippen LogP contribution in [-0.2, 0) is 0 Å². The predicted molar refractivity (Wildman–Crippen MR) is 57.3 cm³/mol. The van der Waals surface area contributed by atoms with Gasteiger partial charge in [0.2, 0.25) is 0 Å². The molecule has 0 N–H and O–H groups in total. The zero-order valence-corrected chi connectivity index (χ0v) is 8.96. The second-order valence-corrected chi connectivity index (χ2v) is 3.33. The van der Waals surface area contributed by atoms with E-state index in [4.69, 9.17) is 0 Å². The van der Waals surface area contributed by atoms with Crippen molar-refractivity contribution < 1.29 is 0 Å². The van der Waals surface area contributed by atoms with Gasteiger partial charge in [0.1, 0.15) is 5.82 Å². The highest BCUT2D eigenvalue weighted by Gasteiger charge is 2.05. The van der Waals surface area contributed by atoms with Crippen LogP contribution < -0.4 is 4.90 Å². The number of aromatic nitrogens is 1. The molecule has 13 heavy (non-hydrogen) atoms. The van der Waals surface area contributed by atoms with Crippen molar-refractivity contribution in [3.63, 3.8) is 0 Å². The van der Waals surface area contributed by atoms with Crippen molar-refractivity contribution in [3.05, 3.63) is 23.4 Å². The number of hydrogen-bond acceptors (Lipinski definition) is 2. The van der Waals surface area contributed by atoms with Gasteiger partial charge in [0.15, 0.2) is 0 Å². The molecular formula is C11H18N2. The van der Waals surface area contributed by atoms with Crippen molar-refractivity contribution >= 4 is 5.82 Å². The lowest BCUT2D eigenvalue weighted by Gasteiger charge is -2.21. The highest BCUT2D eigenvalue weighted by Crippen LogP contribution is 2.16. The van der Waals surface area contributed by atoms with Crippen LogP contribution in [0.3, 0.4) is 0 Å². The fourth-order valence-corrected chi connectivity index (χ4v) is 1.56. The summed E-state index contributed by atoms with van der Waals surface area (Å²) in [4.78, 5) is 6.72. The molecule has 0 saturated heterocycles. The molecule has 0 radical (unpaired) electrons. The van der Waals surface area contributed by atoms with E-state index in [9.17, 15) is 0 Å². The van der Waals surface area contributed by atoms with Gasteiger partial charge in [0, 0.05) is 19.3 Å². The normalized spacial score (nSPS) is 10.2. The second-order valence-electron chi connectivity index (χ2n) is 3.33. The summed E-state index contributed by atoms with van der Waals surface area (Å²) in [5.74, 6) is 1.12. The zero-order valence-electron chi connectivity index (χ0n) is 8.96. The Morgan fingerprint density at radius 1 is 1.23 bits per heavy atom. The number of nitrogens with zero attached hydrogens (tertiary/aromatic N) is 2. The summed E-state index contributed by atoms with van der Waals surface area (Å²) in [6.45, 7) is 10.6. The molecule has 1 aromatic rings. The summed E-state index contributed by atoms with van der Waals surface area (Å²) in [6.07, 6.45) is 1.93. The lowest BCUT2D eigenvalue weighted by molar-refractivity contribution is 0.839. The van der Waals surface area contributed by atoms with Gasteiger partial charge in [-0.05, 0) is 38.8 Å². The molecule has 2 heteroatoms. The van der Waals surface area contributed by atoms with Crippen LogP contribution in [0.15, 0.2) is 12.3 Å². The first-order chi connectivity index (χ1) is 6.19. The van der Waals surface area contributed by atoms with Crippen molar-refractivity contribution in [2.24, 2.45) is 0 Å². The fraction of sp³-hybridized carbons (Fsp3) is 0.545. The van der Waals surface area contributed by atoms with Gasteiger partial charge in [-0.3, -0.25) is 0 Å². The van der Waals surface area contributed by atoms with Gasteiger partial charge in [-0.15, -0.1) is 0 Å². The van der Waals surface area contributed by atoms with Gasteiger partial charge in [0.25, 0.3) is 0 Å². The highest BCUT2D eigenvalue weighted by molar-refractivity contribution is 5.46. The van der Waals surface area contributed by atoms with E-state index in [1.165, 1.54) is 11.1 Å². The average Bonchev–Trinajstić information content (AvgIpc) is 2.10. The molecule has 0 saturated carbocycles. The molecule has 1 heterocycles. The van der Waals surface area contributed by atoms with E-state index in [0.717, 1.165) is 18.9 Å². The molecule has 0 amide bonds. The smallest absolute Gasteiger partial charge is 0.131 e. The molecule has 2 nitrogen and oxygen atoms in total. The molecule has 0 atom stereocenters. The van der Waals surface area contributed by atoms with Crippen molar-refractivity contribution in [3.8, 4) is 0 Å². The molecular weight excluding hydrogens is 160 g/mol. The van der Waals surface area contributed by atoms with Crippen LogP contribution in [0.1, 0.15) is 25.0 Å². The van der Waals surface area contributed by atoms with Crippen LogP contribution in [-0.4, -0.2) is 18.1 Å². The zero-order chi connectivity index (χ0) is 9.84. The van der Waals surface area contributed by atoms with Crippen molar-refractivity contribution in [1.29, 1.82) is 0 Å². The Morgan fingerprint density at radius 2 is 1.85 bits per heavy atom. The predicted octanol–water partition coefficient (Wildman–Crippen LogP) is 2.54. The topological polar surface area (TPSA) is 16.1 Å². The van der Waals surface area contributed by atoms with Crippen molar-refractivity contribution in [2.45, 2.75) is 27.7 Å². The largest absolute Gasteiger partial charge is 0.357 e. The van der Waals surface area contributed by atoms with Crippen LogP contribution in [0.4, 0.5) is 5.82 Å². The summed E-state index contributed by atoms with van der Waals surface area (Å²) >= 11 is 0. The van der Waals surface area contributed by atoms with E-state index in [2.05, 4.69) is 43.6 Å². The van der Waals surface area contributed by atoms with E-state index in [-0.39, 0.29) is 0 Å². The van der Waals surface area contributed by atoms with E-state index < -0.39 is 0 Å². The van der Waals surface area contributed by atoms with Crippen LogP contribution >= 0.6 is 0 Å². The minimum absolute atomic E-state index is 1.02.